The highest BCUT2D eigenvalue weighted by Crippen LogP contribution is 2.21. The van der Waals surface area contributed by atoms with Gasteiger partial charge in [-0.15, -0.1) is 0 Å². The summed E-state index contributed by atoms with van der Waals surface area (Å²) in [6.45, 7) is 9.70. The lowest BCUT2D eigenvalue weighted by atomic mass is 10.1. The van der Waals surface area contributed by atoms with Gasteiger partial charge in [-0.3, -0.25) is 0 Å². The van der Waals surface area contributed by atoms with Crippen LogP contribution >= 0.6 is 0 Å². The average Bonchev–Trinajstić information content (AvgIpc) is 2.46. The summed E-state index contributed by atoms with van der Waals surface area (Å²) in [6, 6.07) is 8.28. The maximum absolute atomic E-state index is 9.38. The summed E-state index contributed by atoms with van der Waals surface area (Å²) in [5.74, 6) is 0.615. The van der Waals surface area contributed by atoms with E-state index < -0.39 is 0 Å². The molecule has 1 aromatic rings. The summed E-state index contributed by atoms with van der Waals surface area (Å²) in [5.41, 5.74) is 2.72. The van der Waals surface area contributed by atoms with Crippen LogP contribution in [0.25, 0.3) is 0 Å². The summed E-state index contributed by atoms with van der Waals surface area (Å²) in [4.78, 5) is 2.07. The fourth-order valence-electron chi connectivity index (χ4n) is 2.31. The van der Waals surface area contributed by atoms with Crippen LogP contribution in [0.2, 0.25) is 0 Å². The highest BCUT2D eigenvalue weighted by Gasteiger charge is 2.11. The number of rotatable bonds is 9. The lowest BCUT2D eigenvalue weighted by Gasteiger charge is -2.24. The maximum atomic E-state index is 9.38. The van der Waals surface area contributed by atoms with E-state index in [-0.39, 0.29) is 6.61 Å². The lowest BCUT2D eigenvalue weighted by molar-refractivity contribution is 0.302. The first kappa shape index (κ1) is 17.5. The SMILES string of the molecule is CCCN(CCO)c1ccc(CNCC(C)C)cc1C#N. The van der Waals surface area contributed by atoms with Gasteiger partial charge in [0, 0.05) is 19.6 Å². The van der Waals surface area contributed by atoms with Gasteiger partial charge in [0.2, 0.25) is 0 Å². The van der Waals surface area contributed by atoms with Crippen LogP contribution in [0.4, 0.5) is 5.69 Å². The van der Waals surface area contributed by atoms with Gasteiger partial charge in [0.15, 0.2) is 0 Å². The lowest BCUT2D eigenvalue weighted by Crippen LogP contribution is -2.28. The minimum Gasteiger partial charge on any atom is -0.395 e. The van der Waals surface area contributed by atoms with E-state index in [0.717, 1.165) is 37.3 Å². The summed E-state index contributed by atoms with van der Waals surface area (Å²) < 4.78 is 0. The summed E-state index contributed by atoms with van der Waals surface area (Å²) in [5, 5.41) is 21.9. The molecule has 0 bridgehead atoms. The van der Waals surface area contributed by atoms with E-state index in [1.165, 1.54) is 0 Å². The van der Waals surface area contributed by atoms with Gasteiger partial charge in [-0.2, -0.15) is 5.26 Å². The van der Waals surface area contributed by atoms with E-state index in [1.54, 1.807) is 0 Å². The van der Waals surface area contributed by atoms with E-state index >= 15 is 0 Å². The summed E-state index contributed by atoms with van der Waals surface area (Å²) >= 11 is 0. The second-order valence-electron chi connectivity index (χ2n) is 5.70. The molecule has 4 nitrogen and oxygen atoms in total. The van der Waals surface area contributed by atoms with E-state index in [0.29, 0.717) is 18.0 Å². The number of anilines is 1. The number of nitrogens with one attached hydrogen (secondary N) is 1. The van der Waals surface area contributed by atoms with Crippen molar-refractivity contribution in [2.75, 3.05) is 31.1 Å². The Bertz CT molecular complexity index is 460. The van der Waals surface area contributed by atoms with E-state index in [4.69, 9.17) is 0 Å². The van der Waals surface area contributed by atoms with Crippen LogP contribution in [0.15, 0.2) is 18.2 Å². The van der Waals surface area contributed by atoms with Crippen LogP contribution in [-0.4, -0.2) is 31.3 Å². The van der Waals surface area contributed by atoms with Gasteiger partial charge in [0.1, 0.15) is 6.07 Å². The van der Waals surface area contributed by atoms with Gasteiger partial charge in [-0.25, -0.2) is 0 Å². The Morgan fingerprint density at radius 3 is 2.67 bits per heavy atom. The zero-order valence-corrected chi connectivity index (χ0v) is 13.4. The number of nitriles is 1. The molecule has 0 saturated carbocycles. The predicted molar refractivity (Wildman–Crippen MR) is 87.3 cm³/mol. The van der Waals surface area contributed by atoms with E-state index in [1.807, 2.05) is 12.1 Å². The monoisotopic (exact) mass is 289 g/mol. The predicted octanol–water partition coefficient (Wildman–Crippen LogP) is 2.51. The third kappa shape index (κ3) is 5.74. The molecule has 0 amide bonds. The second-order valence-corrected chi connectivity index (χ2v) is 5.70. The Kier molecular flexibility index (Phi) is 7.81. The quantitative estimate of drug-likeness (QED) is 0.733. The van der Waals surface area contributed by atoms with Gasteiger partial charge >= 0.3 is 0 Å². The zero-order valence-electron chi connectivity index (χ0n) is 13.4. The van der Waals surface area contributed by atoms with Gasteiger partial charge in [-0.05, 0) is 36.6 Å². The molecule has 0 radical (unpaired) electrons. The third-order valence-electron chi connectivity index (χ3n) is 3.27. The molecule has 0 spiro atoms. The van der Waals surface area contributed by atoms with Crippen molar-refractivity contribution >= 4 is 5.69 Å². The first-order chi connectivity index (χ1) is 10.1. The zero-order chi connectivity index (χ0) is 15.7. The van der Waals surface area contributed by atoms with Gasteiger partial charge in [-0.1, -0.05) is 26.8 Å². The molecule has 0 aliphatic carbocycles. The highest BCUT2D eigenvalue weighted by atomic mass is 16.3. The number of nitrogens with zero attached hydrogens (tertiary/aromatic N) is 2. The average molecular weight is 289 g/mol. The summed E-state index contributed by atoms with van der Waals surface area (Å²) in [7, 11) is 0. The Balaban J connectivity index is 2.84. The van der Waals surface area contributed by atoms with Gasteiger partial charge in [0.25, 0.3) is 0 Å². The van der Waals surface area contributed by atoms with E-state index in [9.17, 15) is 10.4 Å². The van der Waals surface area contributed by atoms with Crippen LogP contribution in [0.1, 0.15) is 38.3 Å². The molecule has 21 heavy (non-hydrogen) atoms. The molecule has 116 valence electrons. The first-order valence-electron chi connectivity index (χ1n) is 7.71. The molecule has 1 aromatic carbocycles. The second kappa shape index (κ2) is 9.38. The molecule has 4 heteroatoms. The molecule has 1 rings (SSSR count). The van der Waals surface area contributed by atoms with Crippen LogP contribution in [-0.2, 0) is 6.54 Å². The number of aliphatic hydroxyl groups excluding tert-OH is 1. The van der Waals surface area contributed by atoms with Crippen molar-refractivity contribution in [2.24, 2.45) is 5.92 Å². The molecule has 0 aliphatic heterocycles. The maximum Gasteiger partial charge on any atom is 0.101 e. The van der Waals surface area contributed by atoms with E-state index in [2.05, 4.69) is 43.1 Å². The first-order valence-corrected chi connectivity index (χ1v) is 7.71. The topological polar surface area (TPSA) is 59.3 Å². The van der Waals surface area contributed by atoms with Crippen molar-refractivity contribution in [3.63, 3.8) is 0 Å². The molecule has 0 unspecified atom stereocenters. The largest absolute Gasteiger partial charge is 0.395 e. The van der Waals surface area contributed by atoms with Crippen molar-refractivity contribution in [2.45, 2.75) is 33.7 Å². The fraction of sp³-hybridized carbons (Fsp3) is 0.588. The Labute approximate surface area is 128 Å². The van der Waals surface area contributed by atoms with Gasteiger partial charge in [0.05, 0.1) is 17.9 Å². The number of aliphatic hydroxyl groups is 1. The fourth-order valence-corrected chi connectivity index (χ4v) is 2.31. The smallest absolute Gasteiger partial charge is 0.101 e. The number of hydrogen-bond donors (Lipinski definition) is 2. The molecular weight excluding hydrogens is 262 g/mol. The molecule has 0 saturated heterocycles. The number of hydrogen-bond acceptors (Lipinski definition) is 4. The van der Waals surface area contributed by atoms with Crippen LogP contribution in [0.5, 0.6) is 0 Å². The molecule has 0 fully saturated rings. The Morgan fingerprint density at radius 2 is 2.10 bits per heavy atom. The van der Waals surface area contributed by atoms with Crippen LogP contribution < -0.4 is 10.2 Å². The highest BCUT2D eigenvalue weighted by molar-refractivity contribution is 5.60. The molecule has 2 N–H and O–H groups in total. The van der Waals surface area contributed by atoms with Crippen molar-refractivity contribution in [3.05, 3.63) is 29.3 Å². The molecule has 0 heterocycles. The van der Waals surface area contributed by atoms with Crippen molar-refractivity contribution in [1.82, 2.24) is 5.32 Å². The molecule has 0 aliphatic rings. The number of benzene rings is 1. The van der Waals surface area contributed by atoms with Crippen LogP contribution in [0.3, 0.4) is 0 Å². The minimum absolute atomic E-state index is 0.0998. The standard InChI is InChI=1S/C17H27N3O/c1-4-7-20(8-9-21)17-6-5-15(10-16(17)11-18)13-19-12-14(2)3/h5-6,10,14,19,21H,4,7-9,12-13H2,1-3H3. The molecule has 0 atom stereocenters. The minimum atomic E-state index is 0.0998. The molecule has 0 aromatic heterocycles. The van der Waals surface area contributed by atoms with Crippen molar-refractivity contribution < 1.29 is 5.11 Å². The van der Waals surface area contributed by atoms with Crippen molar-refractivity contribution in [1.29, 1.82) is 5.26 Å². The Hall–Kier alpha value is -1.57. The van der Waals surface area contributed by atoms with Crippen molar-refractivity contribution in [3.8, 4) is 6.07 Å². The van der Waals surface area contributed by atoms with Gasteiger partial charge < -0.3 is 15.3 Å². The molecular formula is C17H27N3O. The Morgan fingerprint density at radius 1 is 1.33 bits per heavy atom. The van der Waals surface area contributed by atoms with Crippen LogP contribution in [0, 0.1) is 17.2 Å². The third-order valence-corrected chi connectivity index (χ3v) is 3.27. The summed E-state index contributed by atoms with van der Waals surface area (Å²) in [6.07, 6.45) is 0.989. The normalized spacial score (nSPS) is 10.7.